The molecule has 2 aliphatic heterocycles. The quantitative estimate of drug-likeness (QED) is 0.0899. The monoisotopic (exact) mass is 807 g/mol. The average molecular weight is 808 g/mol. The van der Waals surface area contributed by atoms with Crippen LogP contribution in [0.5, 0.6) is 0 Å². The van der Waals surface area contributed by atoms with Crippen LogP contribution in [0, 0.1) is 23.4 Å². The molecule has 0 saturated carbocycles. The van der Waals surface area contributed by atoms with Gasteiger partial charge in [0, 0.05) is 60.9 Å². The smallest absolute Gasteiger partial charge is 0.282 e. The van der Waals surface area contributed by atoms with Crippen molar-refractivity contribution >= 4 is 29.6 Å². The lowest BCUT2D eigenvalue weighted by atomic mass is 9.85. The maximum Gasteiger partial charge on any atom is 0.282 e. The number of hydrogen-bond donors (Lipinski definition) is 1. The summed E-state index contributed by atoms with van der Waals surface area (Å²) in [6.45, 7) is 7.36. The predicted octanol–water partition coefficient (Wildman–Crippen LogP) is 9.11. The van der Waals surface area contributed by atoms with Crippen LogP contribution in [0.1, 0.15) is 68.6 Å². The molecule has 0 radical (unpaired) electrons. The van der Waals surface area contributed by atoms with E-state index >= 15 is 17.6 Å². The highest BCUT2D eigenvalue weighted by Crippen LogP contribution is 2.45. The average Bonchev–Trinajstić information content (AvgIpc) is 3.50. The van der Waals surface area contributed by atoms with E-state index < -0.39 is 74.7 Å². The number of H-pyrrole nitrogens is 1. The van der Waals surface area contributed by atoms with E-state index in [1.54, 1.807) is 13.0 Å². The van der Waals surface area contributed by atoms with Crippen LogP contribution in [-0.4, -0.2) is 81.6 Å². The largest absolute Gasteiger partial charge is 0.401 e. The summed E-state index contributed by atoms with van der Waals surface area (Å²) in [5.41, 5.74) is 1.43. The van der Waals surface area contributed by atoms with Gasteiger partial charge in [-0.1, -0.05) is 81.4 Å². The number of rotatable bonds is 14. The molecular weight excluding hydrogens is 757 g/mol. The molecule has 5 aromatic rings. The van der Waals surface area contributed by atoms with Gasteiger partial charge >= 0.3 is 0 Å². The van der Waals surface area contributed by atoms with Crippen LogP contribution in [0.4, 0.5) is 26.3 Å². The fraction of sp³-hybridized carbons (Fsp3) is 0.422. The van der Waals surface area contributed by atoms with Crippen molar-refractivity contribution in [3.05, 3.63) is 131 Å². The van der Waals surface area contributed by atoms with Gasteiger partial charge in [0.2, 0.25) is 0 Å². The van der Waals surface area contributed by atoms with Crippen LogP contribution in [0.25, 0.3) is 10.9 Å². The first-order valence-electron chi connectivity index (χ1n) is 19.7. The van der Waals surface area contributed by atoms with Gasteiger partial charge in [0.15, 0.2) is 0 Å². The Hall–Kier alpha value is -3.94. The first-order valence-corrected chi connectivity index (χ1v) is 21.6. The maximum absolute atomic E-state index is 16.9. The molecule has 7 rings (SSSR count). The lowest BCUT2D eigenvalue weighted by molar-refractivity contribution is -0.0825. The Morgan fingerprint density at radius 1 is 0.877 bits per heavy atom. The van der Waals surface area contributed by atoms with E-state index in [1.807, 2.05) is 81.4 Å². The highest BCUT2D eigenvalue weighted by atomic mass is 28.4. The van der Waals surface area contributed by atoms with Crippen molar-refractivity contribution in [1.82, 2.24) is 14.8 Å². The SMILES string of the molecule is COC(c1cc(F)c([C@@H]2c3[nH]c4ccc(F)cc4c3C[C@@H](C)N2CC(F)(F)CO[Si](c2ccccc2)(c2ccccc2)C(C)(C)C)c(F)c1)C1CN(CCCF)C1. The van der Waals surface area contributed by atoms with E-state index in [4.69, 9.17) is 9.16 Å². The van der Waals surface area contributed by atoms with Gasteiger partial charge < -0.3 is 19.0 Å². The number of aromatic amines is 1. The molecule has 12 heteroatoms. The molecule has 0 aliphatic carbocycles. The Balaban J connectivity index is 1.26. The molecule has 4 aromatic carbocycles. The molecule has 1 aromatic heterocycles. The van der Waals surface area contributed by atoms with E-state index in [9.17, 15) is 8.78 Å². The van der Waals surface area contributed by atoms with Gasteiger partial charge in [-0.25, -0.2) is 22.0 Å². The number of alkyl halides is 3. The minimum atomic E-state index is -3.47. The minimum Gasteiger partial charge on any atom is -0.401 e. The Kier molecular flexibility index (Phi) is 11.8. The molecule has 1 N–H and O–H groups in total. The van der Waals surface area contributed by atoms with Crippen molar-refractivity contribution < 1.29 is 35.5 Å². The van der Waals surface area contributed by atoms with E-state index in [1.165, 1.54) is 36.3 Å². The van der Waals surface area contributed by atoms with E-state index in [-0.39, 0.29) is 17.9 Å². The van der Waals surface area contributed by atoms with Crippen molar-refractivity contribution in [2.75, 3.05) is 46.6 Å². The summed E-state index contributed by atoms with van der Waals surface area (Å²) in [6.07, 6.45) is 0.0286. The Morgan fingerprint density at radius 2 is 1.49 bits per heavy atom. The highest BCUT2D eigenvalue weighted by Gasteiger charge is 2.53. The second-order valence-electron chi connectivity index (χ2n) is 16.8. The summed E-state index contributed by atoms with van der Waals surface area (Å²) in [5, 5.41) is 1.70. The van der Waals surface area contributed by atoms with E-state index in [0.29, 0.717) is 53.8 Å². The van der Waals surface area contributed by atoms with Crippen LogP contribution in [0.3, 0.4) is 0 Å². The maximum atomic E-state index is 16.9. The molecule has 0 spiro atoms. The summed E-state index contributed by atoms with van der Waals surface area (Å²) in [4.78, 5) is 6.76. The number of likely N-dealkylation sites (tertiary alicyclic amines) is 1. The summed E-state index contributed by atoms with van der Waals surface area (Å²) < 4.78 is 107. The molecule has 1 fully saturated rings. The summed E-state index contributed by atoms with van der Waals surface area (Å²) in [7, 11) is -1.88. The molecular formula is C45H51F6N3O2Si. The molecule has 2 aliphatic rings. The molecule has 0 amide bonds. The van der Waals surface area contributed by atoms with Crippen molar-refractivity contribution in [3.63, 3.8) is 0 Å². The number of nitrogens with one attached hydrogen (secondary N) is 1. The van der Waals surface area contributed by atoms with Crippen molar-refractivity contribution in [2.24, 2.45) is 5.92 Å². The first kappa shape index (κ1) is 41.2. The minimum absolute atomic E-state index is 0.0603. The van der Waals surface area contributed by atoms with Crippen LogP contribution in [0.2, 0.25) is 5.04 Å². The van der Waals surface area contributed by atoms with Crippen LogP contribution in [0.15, 0.2) is 91.0 Å². The molecule has 3 atom stereocenters. The van der Waals surface area contributed by atoms with Gasteiger partial charge in [0.25, 0.3) is 14.2 Å². The first-order chi connectivity index (χ1) is 27.2. The van der Waals surface area contributed by atoms with Gasteiger partial charge in [-0.15, -0.1) is 0 Å². The van der Waals surface area contributed by atoms with Crippen molar-refractivity contribution in [1.29, 1.82) is 0 Å². The van der Waals surface area contributed by atoms with Crippen LogP contribution >= 0.6 is 0 Å². The lowest BCUT2D eigenvalue weighted by Gasteiger charge is -2.45. The predicted molar refractivity (Wildman–Crippen MR) is 215 cm³/mol. The third-order valence-corrected chi connectivity index (χ3v) is 16.9. The third kappa shape index (κ3) is 7.95. The molecule has 57 heavy (non-hydrogen) atoms. The van der Waals surface area contributed by atoms with E-state index in [2.05, 4.69) is 9.88 Å². The number of methoxy groups -OCH3 is 1. The number of benzene rings is 4. The van der Waals surface area contributed by atoms with Gasteiger partial charge in [-0.2, -0.15) is 0 Å². The van der Waals surface area contributed by atoms with Gasteiger partial charge in [-0.05, 0) is 76.6 Å². The molecule has 1 saturated heterocycles. The Bertz CT molecular complexity index is 2090. The number of ether oxygens (including phenoxy) is 1. The molecule has 3 heterocycles. The van der Waals surface area contributed by atoms with Crippen LogP contribution < -0.4 is 10.4 Å². The number of aromatic nitrogens is 1. The molecule has 5 nitrogen and oxygen atoms in total. The Morgan fingerprint density at radius 3 is 2.05 bits per heavy atom. The molecule has 0 bridgehead atoms. The second-order valence-corrected chi connectivity index (χ2v) is 21.1. The zero-order chi connectivity index (χ0) is 40.7. The summed E-state index contributed by atoms with van der Waals surface area (Å²) >= 11 is 0. The van der Waals surface area contributed by atoms with Crippen molar-refractivity contribution in [3.8, 4) is 0 Å². The number of fused-ring (bicyclic) bond motifs is 3. The number of nitrogens with zero attached hydrogens (tertiary/aromatic N) is 2. The summed E-state index contributed by atoms with van der Waals surface area (Å²) in [6, 6.07) is 23.8. The van der Waals surface area contributed by atoms with Gasteiger partial charge in [-0.3, -0.25) is 9.29 Å². The normalized spacial score (nSPS) is 19.1. The Labute approximate surface area is 332 Å². The zero-order valence-corrected chi connectivity index (χ0v) is 34.1. The standard InChI is InChI=1S/C45H51F6N3O2Si/c1-29-21-36-35-24-32(47)17-18-39(35)52-41(36)42(40-37(48)22-30(23-38(40)49)43(55-5)31-25-53(26-31)20-12-19-46)54(29)27-45(50,51)28-56-57(44(2,3)4,33-13-8-6-9-14-33)34-15-10-7-11-16-34/h6-11,13-18,22-24,29,31,42-43,52H,12,19-21,25-28H2,1-5H3/t29-,42-,43?/m1/s1. The topological polar surface area (TPSA) is 40.7 Å². The zero-order valence-electron chi connectivity index (χ0n) is 33.1. The fourth-order valence-electron chi connectivity index (χ4n) is 9.27. The number of hydrogen-bond acceptors (Lipinski definition) is 4. The number of halogens is 6. The molecule has 304 valence electrons. The van der Waals surface area contributed by atoms with Crippen molar-refractivity contribution in [2.45, 2.75) is 69.7 Å². The summed E-state index contributed by atoms with van der Waals surface area (Å²) in [5.74, 6) is -5.80. The fourth-order valence-corrected chi connectivity index (χ4v) is 13.9. The van der Waals surface area contributed by atoms with E-state index in [0.717, 1.165) is 10.4 Å². The molecule has 1 unspecified atom stereocenters. The van der Waals surface area contributed by atoms with Crippen LogP contribution in [-0.2, 0) is 15.6 Å². The third-order valence-electron chi connectivity index (χ3n) is 11.9. The highest BCUT2D eigenvalue weighted by molar-refractivity contribution is 6.99. The van der Waals surface area contributed by atoms with Gasteiger partial charge in [0.1, 0.15) is 17.5 Å². The van der Waals surface area contributed by atoms with Gasteiger partial charge in [0.05, 0.1) is 32.0 Å². The lowest BCUT2D eigenvalue weighted by Crippen LogP contribution is -2.67. The second kappa shape index (κ2) is 16.4.